The van der Waals surface area contributed by atoms with Gasteiger partial charge in [0, 0.05) is 24.4 Å². The Morgan fingerprint density at radius 2 is 1.91 bits per heavy atom. The van der Waals surface area contributed by atoms with E-state index in [1.165, 1.54) is 18.3 Å². The molecular formula is C25H30N2O6S. The molecule has 2 unspecified atom stereocenters. The van der Waals surface area contributed by atoms with Crippen LogP contribution >= 0.6 is 11.3 Å². The van der Waals surface area contributed by atoms with Gasteiger partial charge < -0.3 is 19.7 Å². The van der Waals surface area contributed by atoms with E-state index >= 15 is 0 Å². The van der Waals surface area contributed by atoms with Crippen LogP contribution in [0, 0.1) is 5.92 Å². The van der Waals surface area contributed by atoms with E-state index in [-0.39, 0.29) is 18.1 Å². The van der Waals surface area contributed by atoms with Crippen molar-refractivity contribution < 1.29 is 28.7 Å². The largest absolute Gasteiger partial charge is 0.462 e. The molecule has 0 saturated carbocycles. The lowest BCUT2D eigenvalue weighted by Gasteiger charge is -2.31. The van der Waals surface area contributed by atoms with E-state index < -0.39 is 29.9 Å². The number of thiophene rings is 1. The summed E-state index contributed by atoms with van der Waals surface area (Å²) in [5.74, 6) is -2.04. The van der Waals surface area contributed by atoms with Crippen molar-refractivity contribution in [3.8, 4) is 10.4 Å². The van der Waals surface area contributed by atoms with Crippen LogP contribution in [0.5, 0.6) is 0 Å². The average molecular weight is 487 g/mol. The van der Waals surface area contributed by atoms with Gasteiger partial charge in [-0.05, 0) is 38.3 Å². The molecule has 1 fully saturated rings. The maximum atomic E-state index is 12.8. The van der Waals surface area contributed by atoms with E-state index in [1.54, 1.807) is 24.8 Å². The van der Waals surface area contributed by atoms with Crippen LogP contribution in [0.4, 0.5) is 5.00 Å². The fraction of sp³-hybridized carbons (Fsp3) is 0.440. The van der Waals surface area contributed by atoms with Crippen LogP contribution in [0.15, 0.2) is 36.4 Å². The number of carbonyl (C=O) groups is 4. The first-order chi connectivity index (χ1) is 16.3. The van der Waals surface area contributed by atoms with Gasteiger partial charge in [-0.25, -0.2) is 4.79 Å². The smallest absolute Gasteiger partial charge is 0.341 e. The summed E-state index contributed by atoms with van der Waals surface area (Å²) in [5.41, 5.74) is 1.15. The third-order valence-corrected chi connectivity index (χ3v) is 6.69. The Morgan fingerprint density at radius 1 is 1.18 bits per heavy atom. The molecule has 8 nitrogen and oxygen atoms in total. The lowest BCUT2D eigenvalue weighted by Crippen LogP contribution is -2.43. The number of piperidine rings is 1. The van der Waals surface area contributed by atoms with Crippen molar-refractivity contribution >= 4 is 40.1 Å². The first kappa shape index (κ1) is 25.4. The van der Waals surface area contributed by atoms with E-state index in [0.717, 1.165) is 10.4 Å². The molecule has 1 aromatic heterocycles. The van der Waals surface area contributed by atoms with Crippen LogP contribution in [-0.4, -0.2) is 54.5 Å². The molecule has 1 aromatic carbocycles. The molecule has 2 heterocycles. The minimum Gasteiger partial charge on any atom is -0.462 e. The molecule has 3 rings (SSSR count). The van der Waals surface area contributed by atoms with Crippen molar-refractivity contribution in [2.45, 2.75) is 46.1 Å². The zero-order valence-electron chi connectivity index (χ0n) is 19.7. The molecule has 2 amide bonds. The van der Waals surface area contributed by atoms with Crippen molar-refractivity contribution in [3.63, 3.8) is 0 Å². The minimum atomic E-state index is -1.07. The molecule has 1 aliphatic heterocycles. The normalized spacial score (nSPS) is 16.4. The maximum absolute atomic E-state index is 12.8. The second-order valence-corrected chi connectivity index (χ2v) is 9.09. The number of hydrogen-bond donors (Lipinski definition) is 1. The lowest BCUT2D eigenvalue weighted by molar-refractivity contribution is -0.159. The summed E-state index contributed by atoms with van der Waals surface area (Å²) in [6.07, 6.45) is 0.641. The number of esters is 2. The number of ether oxygens (including phenoxy) is 2. The zero-order chi connectivity index (χ0) is 24.7. The van der Waals surface area contributed by atoms with Gasteiger partial charge in [-0.2, -0.15) is 0 Å². The van der Waals surface area contributed by atoms with E-state index in [4.69, 9.17) is 9.47 Å². The van der Waals surface area contributed by atoms with E-state index in [0.29, 0.717) is 37.4 Å². The molecule has 34 heavy (non-hydrogen) atoms. The Kier molecular flexibility index (Phi) is 8.81. The van der Waals surface area contributed by atoms with Gasteiger partial charge in [0.05, 0.1) is 18.1 Å². The minimum absolute atomic E-state index is 0.00158. The SMILES string of the molecule is CCOC(=O)c1cc(-c2ccccc2)sc1NC(=O)C(C)OC(=O)C1CCCN(C(=O)CC)C1. The second kappa shape index (κ2) is 11.8. The van der Waals surface area contributed by atoms with E-state index in [2.05, 4.69) is 5.32 Å². The first-order valence-corrected chi connectivity index (χ1v) is 12.3. The Morgan fingerprint density at radius 3 is 2.59 bits per heavy atom. The summed E-state index contributed by atoms with van der Waals surface area (Å²) in [7, 11) is 0. The Balaban J connectivity index is 1.69. The van der Waals surface area contributed by atoms with Gasteiger partial charge in [0.25, 0.3) is 5.91 Å². The van der Waals surface area contributed by atoms with Crippen molar-refractivity contribution in [1.29, 1.82) is 0 Å². The Bertz CT molecular complexity index is 1040. The number of nitrogens with one attached hydrogen (secondary N) is 1. The molecule has 182 valence electrons. The zero-order valence-corrected chi connectivity index (χ0v) is 20.5. The molecule has 2 aromatic rings. The molecule has 0 aliphatic carbocycles. The highest BCUT2D eigenvalue weighted by Gasteiger charge is 2.31. The van der Waals surface area contributed by atoms with E-state index in [1.807, 2.05) is 30.3 Å². The van der Waals surface area contributed by atoms with Crippen molar-refractivity contribution in [1.82, 2.24) is 4.90 Å². The van der Waals surface area contributed by atoms with Crippen LogP contribution < -0.4 is 5.32 Å². The molecule has 1 aliphatic rings. The quantitative estimate of drug-likeness (QED) is 0.564. The monoisotopic (exact) mass is 486 g/mol. The van der Waals surface area contributed by atoms with Crippen LogP contribution in [0.3, 0.4) is 0 Å². The molecular weight excluding hydrogens is 456 g/mol. The third kappa shape index (κ3) is 6.22. The standard InChI is InChI=1S/C25H30N2O6S/c1-4-21(28)27-13-9-12-18(15-27)24(30)33-16(3)22(29)26-23-19(25(31)32-5-2)14-20(34-23)17-10-7-6-8-11-17/h6-8,10-11,14,16,18H,4-5,9,12-13,15H2,1-3H3,(H,26,29). The van der Waals surface area contributed by atoms with Crippen LogP contribution in [-0.2, 0) is 23.9 Å². The summed E-state index contributed by atoms with van der Waals surface area (Å²) in [5, 5.41) is 3.06. The highest BCUT2D eigenvalue weighted by Crippen LogP contribution is 2.36. The number of benzene rings is 1. The van der Waals surface area contributed by atoms with Crippen LogP contribution in [0.1, 0.15) is 50.4 Å². The molecule has 1 saturated heterocycles. The predicted molar refractivity (Wildman–Crippen MR) is 129 cm³/mol. The van der Waals surface area contributed by atoms with Crippen LogP contribution in [0.25, 0.3) is 10.4 Å². The summed E-state index contributed by atoms with van der Waals surface area (Å²) < 4.78 is 10.6. The van der Waals surface area contributed by atoms with Gasteiger partial charge in [-0.1, -0.05) is 37.3 Å². The summed E-state index contributed by atoms with van der Waals surface area (Å²) in [4.78, 5) is 52.4. The van der Waals surface area contributed by atoms with Gasteiger partial charge in [0.1, 0.15) is 5.00 Å². The number of likely N-dealkylation sites (tertiary alicyclic amines) is 1. The summed E-state index contributed by atoms with van der Waals surface area (Å²) in [6, 6.07) is 11.2. The molecule has 2 atom stereocenters. The number of rotatable bonds is 8. The van der Waals surface area contributed by atoms with Gasteiger partial charge in [-0.15, -0.1) is 11.3 Å². The van der Waals surface area contributed by atoms with E-state index in [9.17, 15) is 19.2 Å². The first-order valence-electron chi connectivity index (χ1n) is 11.5. The molecule has 0 radical (unpaired) electrons. The van der Waals surface area contributed by atoms with Gasteiger partial charge in [0.15, 0.2) is 6.10 Å². The summed E-state index contributed by atoms with van der Waals surface area (Å²) >= 11 is 1.25. The highest BCUT2D eigenvalue weighted by molar-refractivity contribution is 7.20. The fourth-order valence-corrected chi connectivity index (χ4v) is 4.80. The number of amides is 2. The summed E-state index contributed by atoms with van der Waals surface area (Å²) in [6.45, 7) is 6.12. The lowest BCUT2D eigenvalue weighted by atomic mass is 9.98. The topological polar surface area (TPSA) is 102 Å². The number of nitrogens with zero attached hydrogens (tertiary/aromatic N) is 1. The molecule has 0 bridgehead atoms. The average Bonchev–Trinajstić information content (AvgIpc) is 3.28. The highest BCUT2D eigenvalue weighted by atomic mass is 32.1. The Hall–Kier alpha value is -3.20. The van der Waals surface area contributed by atoms with Gasteiger partial charge >= 0.3 is 11.9 Å². The van der Waals surface area contributed by atoms with Crippen molar-refractivity contribution in [2.24, 2.45) is 5.92 Å². The molecule has 1 N–H and O–H groups in total. The predicted octanol–water partition coefficient (Wildman–Crippen LogP) is 4.11. The molecule has 9 heteroatoms. The second-order valence-electron chi connectivity index (χ2n) is 8.04. The molecule has 0 spiro atoms. The fourth-order valence-electron chi connectivity index (χ4n) is 3.75. The third-order valence-electron chi connectivity index (χ3n) is 5.59. The number of carbonyl (C=O) groups excluding carboxylic acids is 4. The van der Waals surface area contributed by atoms with Crippen molar-refractivity contribution in [3.05, 3.63) is 42.0 Å². The van der Waals surface area contributed by atoms with Gasteiger partial charge in [0.2, 0.25) is 5.91 Å². The Labute approximate surface area is 203 Å². The van der Waals surface area contributed by atoms with Gasteiger partial charge in [-0.3, -0.25) is 14.4 Å². The number of hydrogen-bond acceptors (Lipinski definition) is 7. The van der Waals surface area contributed by atoms with Crippen LogP contribution in [0.2, 0.25) is 0 Å². The number of anilines is 1. The van der Waals surface area contributed by atoms with Crippen molar-refractivity contribution in [2.75, 3.05) is 25.0 Å². The maximum Gasteiger partial charge on any atom is 0.341 e.